The van der Waals surface area contributed by atoms with Gasteiger partial charge in [0.15, 0.2) is 0 Å². The maximum Gasteiger partial charge on any atom is 0.125 e. The van der Waals surface area contributed by atoms with E-state index in [1.807, 2.05) is 39.8 Å². The number of anilines is 1. The van der Waals surface area contributed by atoms with Gasteiger partial charge in [0.2, 0.25) is 0 Å². The molecular formula is C15H22N2O. The smallest absolute Gasteiger partial charge is 0.125 e. The van der Waals surface area contributed by atoms with Crippen molar-refractivity contribution in [2.45, 2.75) is 40.5 Å². The van der Waals surface area contributed by atoms with Crippen LogP contribution in [0.4, 0.5) is 5.69 Å². The van der Waals surface area contributed by atoms with Gasteiger partial charge in [-0.1, -0.05) is 0 Å². The Balaban J connectivity index is 2.53. The van der Waals surface area contributed by atoms with Gasteiger partial charge in [-0.15, -0.1) is 0 Å². The van der Waals surface area contributed by atoms with Gasteiger partial charge in [-0.3, -0.25) is 0 Å². The lowest BCUT2D eigenvalue weighted by Gasteiger charge is -2.16. The molecule has 98 valence electrons. The van der Waals surface area contributed by atoms with Crippen molar-refractivity contribution in [1.29, 1.82) is 5.26 Å². The Morgan fingerprint density at radius 2 is 1.83 bits per heavy atom. The maximum absolute atomic E-state index is 8.92. The average molecular weight is 246 g/mol. The SMILES string of the molecule is Cc1cc(N)cc(C)c1OCCCC(C)(C)C#N. The summed E-state index contributed by atoms with van der Waals surface area (Å²) in [6, 6.07) is 6.13. The second-order valence-corrected chi connectivity index (χ2v) is 5.43. The monoisotopic (exact) mass is 246 g/mol. The quantitative estimate of drug-likeness (QED) is 0.638. The van der Waals surface area contributed by atoms with Crippen LogP contribution in [0, 0.1) is 30.6 Å². The van der Waals surface area contributed by atoms with Crippen molar-refractivity contribution in [3.05, 3.63) is 23.3 Å². The predicted octanol–water partition coefficient (Wildman–Crippen LogP) is 3.59. The van der Waals surface area contributed by atoms with Gasteiger partial charge in [-0.2, -0.15) is 5.26 Å². The first-order valence-corrected chi connectivity index (χ1v) is 6.26. The van der Waals surface area contributed by atoms with Gasteiger partial charge in [0.1, 0.15) is 5.75 Å². The van der Waals surface area contributed by atoms with E-state index in [0.29, 0.717) is 6.61 Å². The molecule has 0 saturated heterocycles. The Morgan fingerprint density at radius 3 is 2.33 bits per heavy atom. The third-order valence-electron chi connectivity index (χ3n) is 2.98. The fraction of sp³-hybridized carbons (Fsp3) is 0.533. The molecule has 0 bridgehead atoms. The predicted molar refractivity (Wildman–Crippen MR) is 74.5 cm³/mol. The third kappa shape index (κ3) is 3.96. The minimum absolute atomic E-state index is 0.269. The van der Waals surface area contributed by atoms with Crippen LogP contribution in [0.2, 0.25) is 0 Å². The van der Waals surface area contributed by atoms with E-state index in [4.69, 9.17) is 15.7 Å². The van der Waals surface area contributed by atoms with Crippen LogP contribution in [0.3, 0.4) is 0 Å². The number of nitrogens with two attached hydrogens (primary N) is 1. The summed E-state index contributed by atoms with van der Waals surface area (Å²) >= 11 is 0. The van der Waals surface area contributed by atoms with Crippen LogP contribution in [0.5, 0.6) is 5.75 Å². The van der Waals surface area contributed by atoms with Gasteiger partial charge in [0.05, 0.1) is 18.1 Å². The van der Waals surface area contributed by atoms with E-state index in [-0.39, 0.29) is 5.41 Å². The third-order valence-corrected chi connectivity index (χ3v) is 2.98. The molecule has 0 spiro atoms. The summed E-state index contributed by atoms with van der Waals surface area (Å²) < 4.78 is 5.80. The summed E-state index contributed by atoms with van der Waals surface area (Å²) in [4.78, 5) is 0. The molecule has 0 amide bonds. The average Bonchev–Trinajstić information content (AvgIpc) is 2.26. The lowest BCUT2D eigenvalue weighted by atomic mass is 9.90. The van der Waals surface area contributed by atoms with E-state index in [1.165, 1.54) is 0 Å². The van der Waals surface area contributed by atoms with Crippen LogP contribution in [0.15, 0.2) is 12.1 Å². The number of aryl methyl sites for hydroxylation is 2. The molecule has 0 aromatic heterocycles. The number of benzene rings is 1. The standard InChI is InChI=1S/C15H22N2O/c1-11-8-13(17)9-12(2)14(11)18-7-5-6-15(3,4)10-16/h8-9H,5-7,17H2,1-4H3. The lowest BCUT2D eigenvalue weighted by molar-refractivity contribution is 0.281. The van der Waals surface area contributed by atoms with E-state index in [9.17, 15) is 0 Å². The molecule has 0 saturated carbocycles. The number of hydrogen-bond acceptors (Lipinski definition) is 3. The molecule has 2 N–H and O–H groups in total. The van der Waals surface area contributed by atoms with E-state index in [1.54, 1.807) is 0 Å². The van der Waals surface area contributed by atoms with Gasteiger partial charge >= 0.3 is 0 Å². The molecule has 18 heavy (non-hydrogen) atoms. The highest BCUT2D eigenvalue weighted by molar-refractivity contribution is 5.52. The second-order valence-electron chi connectivity index (χ2n) is 5.43. The first-order chi connectivity index (χ1) is 8.35. The maximum atomic E-state index is 8.92. The van der Waals surface area contributed by atoms with Gasteiger partial charge in [-0.05, 0) is 63.8 Å². The largest absolute Gasteiger partial charge is 0.493 e. The normalized spacial score (nSPS) is 11.1. The molecule has 0 atom stereocenters. The fourth-order valence-corrected chi connectivity index (χ4v) is 1.96. The summed E-state index contributed by atoms with van der Waals surface area (Å²) in [5, 5.41) is 8.92. The van der Waals surface area contributed by atoms with Gasteiger partial charge in [-0.25, -0.2) is 0 Å². The number of nitrogens with zero attached hydrogens (tertiary/aromatic N) is 1. The van der Waals surface area contributed by atoms with Crippen molar-refractivity contribution >= 4 is 5.69 Å². The van der Waals surface area contributed by atoms with E-state index < -0.39 is 0 Å². The van der Waals surface area contributed by atoms with Crippen LogP contribution in [-0.2, 0) is 0 Å². The van der Waals surface area contributed by atoms with Crippen molar-refractivity contribution < 1.29 is 4.74 Å². The van der Waals surface area contributed by atoms with Gasteiger partial charge in [0, 0.05) is 5.69 Å². The van der Waals surface area contributed by atoms with E-state index in [2.05, 4.69) is 6.07 Å². The topological polar surface area (TPSA) is 59.0 Å². The number of ether oxygens (including phenoxy) is 1. The number of nitriles is 1. The molecule has 0 aliphatic carbocycles. The van der Waals surface area contributed by atoms with Crippen molar-refractivity contribution in [1.82, 2.24) is 0 Å². The number of hydrogen-bond donors (Lipinski definition) is 1. The summed E-state index contributed by atoms with van der Waals surface area (Å²) in [7, 11) is 0. The molecule has 3 nitrogen and oxygen atoms in total. The minimum Gasteiger partial charge on any atom is -0.493 e. The van der Waals surface area contributed by atoms with Crippen molar-refractivity contribution in [2.24, 2.45) is 5.41 Å². The fourth-order valence-electron chi connectivity index (χ4n) is 1.96. The Kier molecular flexibility index (Phi) is 4.61. The zero-order valence-electron chi connectivity index (χ0n) is 11.7. The van der Waals surface area contributed by atoms with Gasteiger partial charge < -0.3 is 10.5 Å². The molecule has 0 fully saturated rings. The molecule has 0 unspecified atom stereocenters. The summed E-state index contributed by atoms with van der Waals surface area (Å²) in [5.74, 6) is 0.916. The second kappa shape index (κ2) is 5.77. The van der Waals surface area contributed by atoms with Gasteiger partial charge in [0.25, 0.3) is 0 Å². The number of nitrogen functional groups attached to an aromatic ring is 1. The Hall–Kier alpha value is -1.69. The highest BCUT2D eigenvalue weighted by Gasteiger charge is 2.16. The van der Waals surface area contributed by atoms with Crippen LogP contribution < -0.4 is 10.5 Å². The van der Waals surface area contributed by atoms with Crippen LogP contribution in [0.1, 0.15) is 37.8 Å². The Labute approximate surface area is 110 Å². The first-order valence-electron chi connectivity index (χ1n) is 6.26. The zero-order valence-corrected chi connectivity index (χ0v) is 11.7. The van der Waals surface area contributed by atoms with Crippen molar-refractivity contribution in [3.8, 4) is 11.8 Å². The number of rotatable bonds is 5. The molecule has 1 aromatic carbocycles. The molecular weight excluding hydrogens is 224 g/mol. The summed E-state index contributed by atoms with van der Waals surface area (Å²) in [6.45, 7) is 8.53. The highest BCUT2D eigenvalue weighted by Crippen LogP contribution is 2.27. The molecule has 1 aromatic rings. The molecule has 0 aliphatic heterocycles. The zero-order chi connectivity index (χ0) is 13.8. The molecule has 3 heteroatoms. The first kappa shape index (κ1) is 14.4. The highest BCUT2D eigenvalue weighted by atomic mass is 16.5. The van der Waals surface area contributed by atoms with E-state index >= 15 is 0 Å². The molecule has 0 aliphatic rings. The Bertz CT molecular complexity index is 435. The molecule has 0 heterocycles. The molecule has 1 rings (SSSR count). The van der Waals surface area contributed by atoms with Crippen LogP contribution >= 0.6 is 0 Å². The van der Waals surface area contributed by atoms with Crippen LogP contribution in [-0.4, -0.2) is 6.61 Å². The summed E-state index contributed by atoms with van der Waals surface area (Å²) in [6.07, 6.45) is 1.72. The van der Waals surface area contributed by atoms with Crippen LogP contribution in [0.25, 0.3) is 0 Å². The van der Waals surface area contributed by atoms with Crippen molar-refractivity contribution in [2.75, 3.05) is 12.3 Å². The lowest BCUT2D eigenvalue weighted by Crippen LogP contribution is -2.10. The van der Waals surface area contributed by atoms with E-state index in [0.717, 1.165) is 35.4 Å². The summed E-state index contributed by atoms with van der Waals surface area (Å²) in [5.41, 5.74) is 8.39. The minimum atomic E-state index is -0.269. The Morgan fingerprint density at radius 1 is 1.28 bits per heavy atom. The molecule has 0 radical (unpaired) electrons. The van der Waals surface area contributed by atoms with Crippen molar-refractivity contribution in [3.63, 3.8) is 0 Å².